The number of ether oxygens (including phenoxy) is 1. The zero-order chi connectivity index (χ0) is 14.5. The maximum absolute atomic E-state index is 9.15. The number of likely N-dealkylation sites (tertiary alicyclic amines) is 1. The maximum Gasteiger partial charge on any atom is 0.127 e. The van der Waals surface area contributed by atoms with Crippen molar-refractivity contribution in [2.24, 2.45) is 5.92 Å². The van der Waals surface area contributed by atoms with Crippen LogP contribution in [0.3, 0.4) is 0 Å². The predicted octanol–water partition coefficient (Wildman–Crippen LogP) is 2.92. The normalized spacial score (nSPS) is 19.2. The van der Waals surface area contributed by atoms with Crippen molar-refractivity contribution in [2.45, 2.75) is 12.8 Å². The van der Waals surface area contributed by atoms with Gasteiger partial charge in [-0.15, -0.1) is 0 Å². The first-order valence-corrected chi connectivity index (χ1v) is 7.80. The lowest BCUT2D eigenvalue weighted by atomic mass is 10.1. The van der Waals surface area contributed by atoms with Crippen LogP contribution < -0.4 is 4.74 Å². The summed E-state index contributed by atoms with van der Waals surface area (Å²) in [6.45, 7) is 4.27. The van der Waals surface area contributed by atoms with Gasteiger partial charge in [0.1, 0.15) is 5.75 Å². The van der Waals surface area contributed by atoms with Crippen LogP contribution in [0.5, 0.6) is 5.75 Å². The molecule has 0 saturated carbocycles. The fraction of sp³-hybridized carbons (Fsp3) is 0.444. The Bertz CT molecular complexity index is 579. The van der Waals surface area contributed by atoms with Crippen LogP contribution in [0.4, 0.5) is 0 Å². The number of aliphatic hydroxyl groups excluding tert-OH is 1. The van der Waals surface area contributed by atoms with Crippen LogP contribution in [-0.2, 0) is 0 Å². The molecule has 0 aromatic heterocycles. The van der Waals surface area contributed by atoms with E-state index in [9.17, 15) is 0 Å². The Hall–Kier alpha value is -1.58. The van der Waals surface area contributed by atoms with Gasteiger partial charge in [0.05, 0.1) is 6.61 Å². The quantitative estimate of drug-likeness (QED) is 0.828. The van der Waals surface area contributed by atoms with E-state index in [-0.39, 0.29) is 0 Å². The molecule has 0 radical (unpaired) electrons. The monoisotopic (exact) mass is 285 g/mol. The summed E-state index contributed by atoms with van der Waals surface area (Å²) in [6.07, 6.45) is 2.15. The first-order chi connectivity index (χ1) is 10.4. The summed E-state index contributed by atoms with van der Waals surface area (Å²) in [5.41, 5.74) is 0. The van der Waals surface area contributed by atoms with Crippen molar-refractivity contribution in [3.05, 3.63) is 42.5 Å². The smallest absolute Gasteiger partial charge is 0.127 e. The Kier molecular flexibility index (Phi) is 4.73. The first-order valence-electron chi connectivity index (χ1n) is 7.80. The standard InChI is InChI=1S/C18H23NO2/c20-14-15-9-11-19(13-15)10-4-12-21-18-8-3-6-16-5-1-2-7-17(16)18/h1-3,5-8,15,20H,4,9-14H2. The topological polar surface area (TPSA) is 32.7 Å². The molecule has 3 rings (SSSR count). The van der Waals surface area contributed by atoms with Crippen LogP contribution >= 0.6 is 0 Å². The average molecular weight is 285 g/mol. The van der Waals surface area contributed by atoms with Crippen molar-refractivity contribution in [3.8, 4) is 5.75 Å². The summed E-state index contributed by atoms with van der Waals surface area (Å²) in [6, 6.07) is 14.5. The molecule has 2 aromatic rings. The Morgan fingerprint density at radius 1 is 1.14 bits per heavy atom. The molecule has 2 aromatic carbocycles. The van der Waals surface area contributed by atoms with Gasteiger partial charge in [-0.25, -0.2) is 0 Å². The first kappa shape index (κ1) is 14.4. The molecule has 1 aliphatic heterocycles. The van der Waals surface area contributed by atoms with Gasteiger partial charge < -0.3 is 14.7 Å². The second-order valence-electron chi connectivity index (χ2n) is 5.82. The molecule has 1 heterocycles. The minimum Gasteiger partial charge on any atom is -0.493 e. The molecule has 1 fully saturated rings. The molecule has 0 amide bonds. The van der Waals surface area contributed by atoms with Gasteiger partial charge in [-0.2, -0.15) is 0 Å². The second-order valence-corrected chi connectivity index (χ2v) is 5.82. The largest absolute Gasteiger partial charge is 0.493 e. The van der Waals surface area contributed by atoms with Gasteiger partial charge in [0.15, 0.2) is 0 Å². The number of rotatable bonds is 6. The SMILES string of the molecule is OCC1CCN(CCCOc2cccc3ccccc23)C1. The zero-order valence-electron chi connectivity index (χ0n) is 12.4. The molecular formula is C18H23NO2. The Morgan fingerprint density at radius 3 is 2.86 bits per heavy atom. The van der Waals surface area contributed by atoms with Crippen molar-refractivity contribution in [3.63, 3.8) is 0 Å². The molecule has 21 heavy (non-hydrogen) atoms. The van der Waals surface area contributed by atoms with Gasteiger partial charge in [-0.1, -0.05) is 36.4 Å². The molecule has 3 heteroatoms. The van der Waals surface area contributed by atoms with E-state index >= 15 is 0 Å². The second kappa shape index (κ2) is 6.92. The summed E-state index contributed by atoms with van der Waals surface area (Å²) in [4.78, 5) is 2.42. The van der Waals surface area contributed by atoms with Crippen molar-refractivity contribution in [2.75, 3.05) is 32.8 Å². The van der Waals surface area contributed by atoms with Gasteiger partial charge in [0.2, 0.25) is 0 Å². The molecule has 1 atom stereocenters. The third-order valence-electron chi connectivity index (χ3n) is 4.25. The molecule has 1 aliphatic rings. The average Bonchev–Trinajstić information content (AvgIpc) is 3.00. The maximum atomic E-state index is 9.15. The molecule has 1 saturated heterocycles. The Morgan fingerprint density at radius 2 is 2.00 bits per heavy atom. The summed E-state index contributed by atoms with van der Waals surface area (Å²) in [5, 5.41) is 11.6. The van der Waals surface area contributed by atoms with E-state index in [2.05, 4.69) is 35.2 Å². The number of benzene rings is 2. The van der Waals surface area contributed by atoms with Crippen molar-refractivity contribution >= 4 is 10.8 Å². The fourth-order valence-corrected chi connectivity index (χ4v) is 3.06. The highest BCUT2D eigenvalue weighted by molar-refractivity contribution is 5.88. The molecule has 0 spiro atoms. The summed E-state index contributed by atoms with van der Waals surface area (Å²) >= 11 is 0. The third kappa shape index (κ3) is 3.55. The Balaban J connectivity index is 1.49. The lowest BCUT2D eigenvalue weighted by molar-refractivity contribution is 0.215. The number of hydrogen-bond donors (Lipinski definition) is 1. The van der Waals surface area contributed by atoms with E-state index in [4.69, 9.17) is 9.84 Å². The van der Waals surface area contributed by atoms with E-state index in [0.717, 1.165) is 44.8 Å². The highest BCUT2D eigenvalue weighted by Gasteiger charge is 2.20. The highest BCUT2D eigenvalue weighted by Crippen LogP contribution is 2.25. The van der Waals surface area contributed by atoms with E-state index < -0.39 is 0 Å². The van der Waals surface area contributed by atoms with Gasteiger partial charge in [0.25, 0.3) is 0 Å². The molecule has 1 unspecified atom stereocenters. The van der Waals surface area contributed by atoms with Gasteiger partial charge >= 0.3 is 0 Å². The van der Waals surface area contributed by atoms with E-state index in [0.29, 0.717) is 12.5 Å². The van der Waals surface area contributed by atoms with Gasteiger partial charge in [-0.05, 0) is 36.8 Å². The zero-order valence-corrected chi connectivity index (χ0v) is 12.4. The molecule has 112 valence electrons. The lowest BCUT2D eigenvalue weighted by Crippen LogP contribution is -2.24. The van der Waals surface area contributed by atoms with Gasteiger partial charge in [0, 0.05) is 25.1 Å². The third-order valence-corrected chi connectivity index (χ3v) is 4.25. The minimum atomic E-state index is 0.322. The molecular weight excluding hydrogens is 262 g/mol. The summed E-state index contributed by atoms with van der Waals surface area (Å²) < 4.78 is 5.96. The van der Waals surface area contributed by atoms with Gasteiger partial charge in [-0.3, -0.25) is 0 Å². The number of hydrogen-bond acceptors (Lipinski definition) is 3. The minimum absolute atomic E-state index is 0.322. The molecule has 1 N–H and O–H groups in total. The van der Waals surface area contributed by atoms with E-state index in [1.807, 2.05) is 12.1 Å². The lowest BCUT2D eigenvalue weighted by Gasteiger charge is -2.16. The molecule has 0 aliphatic carbocycles. The van der Waals surface area contributed by atoms with E-state index in [1.165, 1.54) is 10.8 Å². The summed E-state index contributed by atoms with van der Waals surface area (Å²) in [5.74, 6) is 1.45. The molecule has 3 nitrogen and oxygen atoms in total. The number of nitrogens with zero attached hydrogens (tertiary/aromatic N) is 1. The molecule has 0 bridgehead atoms. The van der Waals surface area contributed by atoms with Crippen LogP contribution in [0.2, 0.25) is 0 Å². The van der Waals surface area contributed by atoms with Crippen LogP contribution in [0, 0.1) is 5.92 Å². The summed E-state index contributed by atoms with van der Waals surface area (Å²) in [7, 11) is 0. The number of aliphatic hydroxyl groups is 1. The van der Waals surface area contributed by atoms with Crippen molar-refractivity contribution in [1.29, 1.82) is 0 Å². The van der Waals surface area contributed by atoms with Crippen molar-refractivity contribution in [1.82, 2.24) is 4.90 Å². The highest BCUT2D eigenvalue weighted by atomic mass is 16.5. The van der Waals surface area contributed by atoms with Crippen LogP contribution in [0.15, 0.2) is 42.5 Å². The number of fused-ring (bicyclic) bond motifs is 1. The van der Waals surface area contributed by atoms with Crippen LogP contribution in [0.1, 0.15) is 12.8 Å². The predicted molar refractivity (Wildman–Crippen MR) is 85.7 cm³/mol. The fourth-order valence-electron chi connectivity index (χ4n) is 3.06. The van der Waals surface area contributed by atoms with E-state index in [1.54, 1.807) is 0 Å². The Labute approximate surface area is 126 Å². The van der Waals surface area contributed by atoms with Crippen LogP contribution in [0.25, 0.3) is 10.8 Å². The van der Waals surface area contributed by atoms with Crippen molar-refractivity contribution < 1.29 is 9.84 Å². The van der Waals surface area contributed by atoms with Crippen LogP contribution in [-0.4, -0.2) is 42.9 Å².